The van der Waals surface area contributed by atoms with E-state index in [4.69, 9.17) is 14.2 Å². The second-order valence-electron chi connectivity index (χ2n) is 8.15. The second-order valence-corrected chi connectivity index (χ2v) is 8.15. The van der Waals surface area contributed by atoms with Gasteiger partial charge in [-0.05, 0) is 43.7 Å². The van der Waals surface area contributed by atoms with Crippen LogP contribution in [0.25, 0.3) is 0 Å². The van der Waals surface area contributed by atoms with Crippen LogP contribution in [0.3, 0.4) is 0 Å². The zero-order valence-electron chi connectivity index (χ0n) is 18.4. The first kappa shape index (κ1) is 22.2. The number of likely N-dealkylation sites (tertiary alicyclic amines) is 2. The summed E-state index contributed by atoms with van der Waals surface area (Å²) < 4.78 is 16.1. The van der Waals surface area contributed by atoms with Gasteiger partial charge in [-0.2, -0.15) is 0 Å². The van der Waals surface area contributed by atoms with Gasteiger partial charge in [0.25, 0.3) is 5.91 Å². The molecular weight excluding hydrogens is 384 g/mol. The number of carbonyl (C=O) groups excluding carboxylic acids is 2. The van der Waals surface area contributed by atoms with E-state index in [-0.39, 0.29) is 11.8 Å². The van der Waals surface area contributed by atoms with Crippen molar-refractivity contribution in [3.63, 3.8) is 0 Å². The Labute approximate surface area is 179 Å². The number of piperidine rings is 1. The predicted octanol–water partition coefficient (Wildman–Crippen LogP) is 3.36. The fourth-order valence-electron chi connectivity index (χ4n) is 4.42. The Kier molecular flexibility index (Phi) is 7.82. The fourth-order valence-corrected chi connectivity index (χ4v) is 4.42. The normalized spacial score (nSPS) is 18.0. The molecule has 0 atom stereocenters. The molecule has 7 nitrogen and oxygen atoms in total. The van der Waals surface area contributed by atoms with Gasteiger partial charge in [0.1, 0.15) is 0 Å². The summed E-state index contributed by atoms with van der Waals surface area (Å²) in [7, 11) is 4.62. The summed E-state index contributed by atoms with van der Waals surface area (Å²) in [6.45, 7) is 3.12. The van der Waals surface area contributed by atoms with Crippen LogP contribution >= 0.6 is 0 Å². The number of carbonyl (C=O) groups is 2. The Hall–Kier alpha value is -2.44. The number of amides is 2. The topological polar surface area (TPSA) is 68.3 Å². The Morgan fingerprint density at radius 2 is 1.40 bits per heavy atom. The van der Waals surface area contributed by atoms with E-state index in [2.05, 4.69) is 0 Å². The second kappa shape index (κ2) is 10.5. The highest BCUT2D eigenvalue weighted by molar-refractivity contribution is 5.95. The molecule has 1 aromatic rings. The molecule has 0 aromatic heterocycles. The molecule has 0 aliphatic carbocycles. The van der Waals surface area contributed by atoms with E-state index >= 15 is 0 Å². The Morgan fingerprint density at radius 1 is 0.833 bits per heavy atom. The monoisotopic (exact) mass is 418 g/mol. The molecule has 2 aliphatic rings. The number of hydrogen-bond acceptors (Lipinski definition) is 5. The largest absolute Gasteiger partial charge is 0.493 e. The van der Waals surface area contributed by atoms with Gasteiger partial charge in [-0.1, -0.05) is 12.8 Å². The molecule has 7 heteroatoms. The average molecular weight is 419 g/mol. The summed E-state index contributed by atoms with van der Waals surface area (Å²) in [4.78, 5) is 29.6. The third-order valence-corrected chi connectivity index (χ3v) is 6.24. The molecule has 2 amide bonds. The number of hydrogen-bond donors (Lipinski definition) is 0. The van der Waals surface area contributed by atoms with Crippen LogP contribution in [0.1, 0.15) is 55.3 Å². The van der Waals surface area contributed by atoms with Crippen LogP contribution in [0.5, 0.6) is 17.2 Å². The lowest BCUT2D eigenvalue weighted by atomic mass is 9.92. The Balaban J connectivity index is 1.58. The fraction of sp³-hybridized carbons (Fsp3) is 0.652. The van der Waals surface area contributed by atoms with E-state index in [0.717, 1.165) is 38.8 Å². The van der Waals surface area contributed by atoms with Crippen LogP contribution < -0.4 is 14.2 Å². The smallest absolute Gasteiger partial charge is 0.254 e. The maximum atomic E-state index is 13.0. The van der Waals surface area contributed by atoms with Gasteiger partial charge in [0, 0.05) is 38.2 Å². The van der Waals surface area contributed by atoms with Crippen molar-refractivity contribution in [1.82, 2.24) is 9.80 Å². The van der Waals surface area contributed by atoms with Gasteiger partial charge >= 0.3 is 0 Å². The molecule has 0 N–H and O–H groups in total. The van der Waals surface area contributed by atoms with Crippen LogP contribution in [0.4, 0.5) is 0 Å². The maximum absolute atomic E-state index is 13.0. The number of methoxy groups -OCH3 is 3. The summed E-state index contributed by atoms with van der Waals surface area (Å²) in [5, 5.41) is 0. The molecule has 0 bridgehead atoms. The first-order valence-corrected chi connectivity index (χ1v) is 10.9. The van der Waals surface area contributed by atoms with Gasteiger partial charge in [0.2, 0.25) is 11.7 Å². The maximum Gasteiger partial charge on any atom is 0.254 e. The molecule has 2 heterocycles. The third-order valence-electron chi connectivity index (χ3n) is 6.24. The van der Waals surface area contributed by atoms with Crippen molar-refractivity contribution in [2.45, 2.75) is 44.9 Å². The highest BCUT2D eigenvalue weighted by Gasteiger charge is 2.28. The minimum atomic E-state index is -0.0495. The first-order valence-electron chi connectivity index (χ1n) is 10.9. The standard InChI is InChI=1S/C23H34N2O5/c1-28-19-15-18(16-20(29-2)22(19)30-3)23(27)25-12-8-17(9-13-25)14-21(26)24-10-6-4-5-7-11-24/h15-17H,4-14H2,1-3H3. The molecule has 2 saturated heterocycles. The van der Waals surface area contributed by atoms with Crippen molar-refractivity contribution < 1.29 is 23.8 Å². The summed E-state index contributed by atoms with van der Waals surface area (Å²) in [6.07, 6.45) is 7.01. The van der Waals surface area contributed by atoms with Crippen LogP contribution in [0.2, 0.25) is 0 Å². The van der Waals surface area contributed by atoms with Gasteiger partial charge in [0.15, 0.2) is 11.5 Å². The van der Waals surface area contributed by atoms with Crippen molar-refractivity contribution in [1.29, 1.82) is 0 Å². The van der Waals surface area contributed by atoms with E-state index in [1.165, 1.54) is 12.8 Å². The van der Waals surface area contributed by atoms with Crippen molar-refractivity contribution in [3.8, 4) is 17.2 Å². The van der Waals surface area contributed by atoms with Gasteiger partial charge in [-0.3, -0.25) is 9.59 Å². The molecule has 0 radical (unpaired) electrons. The molecular formula is C23H34N2O5. The quantitative estimate of drug-likeness (QED) is 0.709. The lowest BCUT2D eigenvalue weighted by Gasteiger charge is -2.33. The van der Waals surface area contributed by atoms with E-state index in [9.17, 15) is 9.59 Å². The molecule has 30 heavy (non-hydrogen) atoms. The minimum absolute atomic E-state index is 0.0495. The van der Waals surface area contributed by atoms with Gasteiger partial charge < -0.3 is 24.0 Å². The minimum Gasteiger partial charge on any atom is -0.493 e. The molecule has 0 unspecified atom stereocenters. The number of ether oxygens (including phenoxy) is 3. The number of benzene rings is 1. The highest BCUT2D eigenvalue weighted by atomic mass is 16.5. The summed E-state index contributed by atoms with van der Waals surface area (Å²) in [6, 6.07) is 3.39. The van der Waals surface area contributed by atoms with Crippen molar-refractivity contribution >= 4 is 11.8 Å². The SMILES string of the molecule is COc1cc(C(=O)N2CCC(CC(=O)N3CCCCCC3)CC2)cc(OC)c1OC. The third kappa shape index (κ3) is 5.18. The molecule has 1 aromatic carbocycles. The number of nitrogens with zero attached hydrogens (tertiary/aromatic N) is 2. The summed E-state index contributed by atoms with van der Waals surface area (Å²) in [5.41, 5.74) is 0.517. The van der Waals surface area contributed by atoms with Crippen LogP contribution in [0.15, 0.2) is 12.1 Å². The van der Waals surface area contributed by atoms with Gasteiger partial charge in [-0.15, -0.1) is 0 Å². The molecule has 2 fully saturated rings. The van der Waals surface area contributed by atoms with E-state index < -0.39 is 0 Å². The van der Waals surface area contributed by atoms with Crippen LogP contribution in [0, 0.1) is 5.92 Å². The molecule has 0 spiro atoms. The van der Waals surface area contributed by atoms with E-state index in [1.807, 2.05) is 9.80 Å². The lowest BCUT2D eigenvalue weighted by Crippen LogP contribution is -2.40. The van der Waals surface area contributed by atoms with Crippen LogP contribution in [-0.4, -0.2) is 69.1 Å². The lowest BCUT2D eigenvalue weighted by molar-refractivity contribution is -0.132. The summed E-state index contributed by atoms with van der Waals surface area (Å²) in [5.74, 6) is 2.00. The van der Waals surface area contributed by atoms with Gasteiger partial charge in [-0.25, -0.2) is 0 Å². The zero-order chi connectivity index (χ0) is 21.5. The van der Waals surface area contributed by atoms with Crippen LogP contribution in [-0.2, 0) is 4.79 Å². The number of rotatable bonds is 6. The summed E-state index contributed by atoms with van der Waals surface area (Å²) >= 11 is 0. The Morgan fingerprint density at radius 3 is 1.90 bits per heavy atom. The first-order chi connectivity index (χ1) is 14.6. The molecule has 166 valence electrons. The van der Waals surface area contributed by atoms with Crippen molar-refractivity contribution in [2.24, 2.45) is 5.92 Å². The predicted molar refractivity (Wildman–Crippen MR) is 114 cm³/mol. The highest BCUT2D eigenvalue weighted by Crippen LogP contribution is 2.38. The van der Waals surface area contributed by atoms with Crippen molar-refractivity contribution in [2.75, 3.05) is 47.5 Å². The molecule has 2 aliphatic heterocycles. The average Bonchev–Trinajstić information content (AvgIpc) is 3.07. The molecule has 3 rings (SSSR count). The Bertz CT molecular complexity index is 710. The molecule has 0 saturated carbocycles. The van der Waals surface area contributed by atoms with Gasteiger partial charge in [0.05, 0.1) is 21.3 Å². The zero-order valence-corrected chi connectivity index (χ0v) is 18.4. The van der Waals surface area contributed by atoms with E-state index in [0.29, 0.717) is 48.2 Å². The van der Waals surface area contributed by atoms with Crippen molar-refractivity contribution in [3.05, 3.63) is 17.7 Å². The van der Waals surface area contributed by atoms with E-state index in [1.54, 1.807) is 33.5 Å².